The van der Waals surface area contributed by atoms with Crippen molar-refractivity contribution in [1.29, 1.82) is 0 Å². The second-order valence-corrected chi connectivity index (χ2v) is 9.99. The van der Waals surface area contributed by atoms with Gasteiger partial charge >= 0.3 is 6.09 Å². The van der Waals surface area contributed by atoms with Gasteiger partial charge in [0.2, 0.25) is 0 Å². The number of alkyl carbamates (subject to hydrolysis) is 1. The maximum Gasteiger partial charge on any atom is 0.408 e. The normalized spacial score (nSPS) is 21.7. The summed E-state index contributed by atoms with van der Waals surface area (Å²) in [5.41, 5.74) is -0.894. The van der Waals surface area contributed by atoms with E-state index in [4.69, 9.17) is 9.47 Å². The summed E-state index contributed by atoms with van der Waals surface area (Å²) in [6.07, 6.45) is 4.64. The topological polar surface area (TPSA) is 87.2 Å². The number of nitrogens with zero attached hydrogens (tertiary/aromatic N) is 2. The average molecular weight is 440 g/mol. The molecule has 2 aliphatic heterocycles. The van der Waals surface area contributed by atoms with Gasteiger partial charge in [0, 0.05) is 45.9 Å². The predicted molar refractivity (Wildman–Crippen MR) is 126 cm³/mol. The Morgan fingerprint density at radius 1 is 1.16 bits per heavy atom. The molecule has 0 aliphatic carbocycles. The van der Waals surface area contributed by atoms with Gasteiger partial charge in [-0.1, -0.05) is 13.8 Å². The van der Waals surface area contributed by atoms with Crippen molar-refractivity contribution in [2.45, 2.75) is 83.9 Å². The van der Waals surface area contributed by atoms with Crippen LogP contribution in [0.25, 0.3) is 0 Å². The van der Waals surface area contributed by atoms with E-state index in [1.165, 1.54) is 6.42 Å². The van der Waals surface area contributed by atoms with Crippen LogP contribution in [0.2, 0.25) is 0 Å². The van der Waals surface area contributed by atoms with Gasteiger partial charge in [-0.15, -0.1) is 0 Å². The summed E-state index contributed by atoms with van der Waals surface area (Å²) in [5.74, 6) is 1.49. The fraction of sp³-hybridized carbons (Fsp3) is 0.913. The summed E-state index contributed by atoms with van der Waals surface area (Å²) in [5, 5.41) is 10.1. The molecule has 0 spiro atoms. The Bertz CT molecular complexity index is 572. The maximum absolute atomic E-state index is 12.4. The highest BCUT2D eigenvalue weighted by Crippen LogP contribution is 2.18. The molecular formula is C23H45N5O3. The van der Waals surface area contributed by atoms with Gasteiger partial charge in [0.1, 0.15) is 5.60 Å². The molecule has 2 saturated heterocycles. The summed E-state index contributed by atoms with van der Waals surface area (Å²) in [7, 11) is 1.80. The standard InChI is InChI=1S/C23H45N5O3/c1-7-23(8-2,27-21(29)31-22(3,4)5)17-25-20(24-6)26-19-9-12-28(13-10-19)15-18-11-14-30-16-18/h18-19H,7-17H2,1-6H3,(H,27,29)(H2,24,25,26). The third-order valence-corrected chi connectivity index (χ3v) is 6.41. The summed E-state index contributed by atoms with van der Waals surface area (Å²) in [6, 6.07) is 0.416. The Morgan fingerprint density at radius 2 is 1.84 bits per heavy atom. The molecule has 0 radical (unpaired) electrons. The van der Waals surface area contributed by atoms with E-state index in [1.54, 1.807) is 7.05 Å². The van der Waals surface area contributed by atoms with Gasteiger partial charge in [-0.2, -0.15) is 0 Å². The van der Waals surface area contributed by atoms with Crippen LogP contribution in [0.1, 0.15) is 66.7 Å². The average Bonchev–Trinajstić information content (AvgIpc) is 3.23. The second-order valence-electron chi connectivity index (χ2n) is 9.99. The third kappa shape index (κ3) is 8.85. The lowest BCUT2D eigenvalue weighted by atomic mass is 9.93. The van der Waals surface area contributed by atoms with Crippen LogP contribution in [-0.2, 0) is 9.47 Å². The van der Waals surface area contributed by atoms with Gasteiger partial charge in [-0.3, -0.25) is 4.99 Å². The zero-order chi connectivity index (χ0) is 22.9. The highest BCUT2D eigenvalue weighted by Gasteiger charge is 2.31. The first-order valence-corrected chi connectivity index (χ1v) is 12.0. The number of guanidine groups is 1. The summed E-state index contributed by atoms with van der Waals surface area (Å²) >= 11 is 0. The van der Waals surface area contributed by atoms with Crippen LogP contribution in [0.4, 0.5) is 4.79 Å². The molecule has 0 bridgehead atoms. The van der Waals surface area contributed by atoms with Crippen LogP contribution in [0, 0.1) is 5.92 Å². The van der Waals surface area contributed by atoms with Gasteiger partial charge < -0.3 is 30.3 Å². The van der Waals surface area contributed by atoms with Crippen molar-refractivity contribution < 1.29 is 14.3 Å². The number of hydrogen-bond donors (Lipinski definition) is 3. The molecule has 2 aliphatic rings. The lowest BCUT2D eigenvalue weighted by Crippen LogP contribution is -2.58. The quantitative estimate of drug-likeness (QED) is 0.398. The summed E-state index contributed by atoms with van der Waals surface area (Å²) < 4.78 is 11.0. The van der Waals surface area contributed by atoms with Crippen LogP contribution in [0.5, 0.6) is 0 Å². The molecule has 1 unspecified atom stereocenters. The van der Waals surface area contributed by atoms with Gasteiger partial charge in [-0.05, 0) is 58.8 Å². The van der Waals surface area contributed by atoms with Crippen molar-refractivity contribution in [3.8, 4) is 0 Å². The van der Waals surface area contributed by atoms with Crippen LogP contribution in [0.15, 0.2) is 4.99 Å². The van der Waals surface area contributed by atoms with Crippen LogP contribution < -0.4 is 16.0 Å². The molecule has 2 heterocycles. The molecular weight excluding hydrogens is 394 g/mol. The Hall–Kier alpha value is -1.54. The fourth-order valence-corrected chi connectivity index (χ4v) is 4.23. The molecule has 2 rings (SSSR count). The molecule has 0 aromatic rings. The number of aliphatic imine (C=N–C) groups is 1. The number of carbonyl (C=O) groups is 1. The smallest absolute Gasteiger partial charge is 0.408 e. The van der Waals surface area contributed by atoms with E-state index in [0.29, 0.717) is 18.5 Å². The number of piperidine rings is 1. The molecule has 1 amide bonds. The minimum absolute atomic E-state index is 0.374. The molecule has 180 valence electrons. The number of carbonyl (C=O) groups excluding carboxylic acids is 1. The van der Waals surface area contributed by atoms with E-state index in [-0.39, 0.29) is 11.6 Å². The largest absolute Gasteiger partial charge is 0.444 e. The lowest BCUT2D eigenvalue weighted by molar-refractivity contribution is 0.0448. The van der Waals surface area contributed by atoms with Gasteiger partial charge in [0.05, 0.1) is 12.1 Å². The SMILES string of the molecule is CCC(CC)(CNC(=NC)NC1CCN(CC2CCOC2)CC1)NC(=O)OC(C)(C)C. The molecule has 8 heteroatoms. The first-order chi connectivity index (χ1) is 14.7. The van der Waals surface area contributed by atoms with Crippen molar-refractivity contribution in [1.82, 2.24) is 20.9 Å². The first-order valence-electron chi connectivity index (χ1n) is 12.0. The lowest BCUT2D eigenvalue weighted by Gasteiger charge is -2.36. The predicted octanol–water partition coefficient (Wildman–Crippen LogP) is 2.74. The second kappa shape index (κ2) is 11.9. The zero-order valence-electron chi connectivity index (χ0n) is 20.6. The Labute approximate surface area is 188 Å². The monoisotopic (exact) mass is 439 g/mol. The summed E-state index contributed by atoms with van der Waals surface area (Å²) in [4.78, 5) is 19.3. The van der Waals surface area contributed by atoms with Crippen LogP contribution >= 0.6 is 0 Å². The van der Waals surface area contributed by atoms with Gasteiger partial charge in [-0.25, -0.2) is 4.79 Å². The van der Waals surface area contributed by atoms with Gasteiger partial charge in [0.15, 0.2) is 5.96 Å². The molecule has 0 aromatic carbocycles. The Balaban J connectivity index is 1.79. The van der Waals surface area contributed by atoms with Crippen molar-refractivity contribution in [3.05, 3.63) is 0 Å². The first kappa shape index (κ1) is 25.7. The van der Waals surface area contributed by atoms with Crippen molar-refractivity contribution in [2.24, 2.45) is 10.9 Å². The van der Waals surface area contributed by atoms with Gasteiger partial charge in [0.25, 0.3) is 0 Å². The number of rotatable bonds is 8. The molecule has 31 heavy (non-hydrogen) atoms. The van der Waals surface area contributed by atoms with E-state index in [0.717, 1.165) is 64.5 Å². The number of nitrogens with one attached hydrogen (secondary N) is 3. The molecule has 2 fully saturated rings. The van der Waals surface area contributed by atoms with Crippen LogP contribution in [0.3, 0.4) is 0 Å². The Morgan fingerprint density at radius 3 is 2.35 bits per heavy atom. The van der Waals surface area contributed by atoms with E-state index < -0.39 is 5.60 Å². The highest BCUT2D eigenvalue weighted by molar-refractivity contribution is 5.80. The number of hydrogen-bond acceptors (Lipinski definition) is 5. The fourth-order valence-electron chi connectivity index (χ4n) is 4.23. The van der Waals surface area contributed by atoms with E-state index in [2.05, 4.69) is 39.7 Å². The molecule has 0 saturated carbocycles. The van der Waals surface area contributed by atoms with E-state index >= 15 is 0 Å². The third-order valence-electron chi connectivity index (χ3n) is 6.41. The number of likely N-dealkylation sites (tertiary alicyclic amines) is 1. The van der Waals surface area contributed by atoms with Crippen LogP contribution in [-0.4, -0.2) is 80.6 Å². The summed E-state index contributed by atoms with van der Waals surface area (Å²) in [6.45, 7) is 15.6. The number of amides is 1. The molecule has 3 N–H and O–H groups in total. The molecule has 8 nitrogen and oxygen atoms in total. The minimum Gasteiger partial charge on any atom is -0.444 e. The van der Waals surface area contributed by atoms with E-state index in [9.17, 15) is 4.79 Å². The zero-order valence-corrected chi connectivity index (χ0v) is 20.6. The van der Waals surface area contributed by atoms with E-state index in [1.807, 2.05) is 20.8 Å². The molecule has 1 atom stereocenters. The Kier molecular flexibility index (Phi) is 9.88. The highest BCUT2D eigenvalue weighted by atomic mass is 16.6. The minimum atomic E-state index is -0.512. The van der Waals surface area contributed by atoms with Crippen molar-refractivity contribution in [3.63, 3.8) is 0 Å². The van der Waals surface area contributed by atoms with Crippen molar-refractivity contribution >= 4 is 12.1 Å². The van der Waals surface area contributed by atoms with Crippen molar-refractivity contribution in [2.75, 3.05) is 46.4 Å². The maximum atomic E-state index is 12.4. The molecule has 0 aromatic heterocycles. The number of ether oxygens (including phenoxy) is 2.